The molecule has 3 rings (SSSR count). The van der Waals surface area contributed by atoms with Crippen LogP contribution >= 0.6 is 0 Å². The van der Waals surface area contributed by atoms with E-state index in [4.69, 9.17) is 14.2 Å². The van der Waals surface area contributed by atoms with Crippen LogP contribution in [0.5, 0.6) is 0 Å². The monoisotopic (exact) mass is 487 g/mol. The van der Waals surface area contributed by atoms with Crippen LogP contribution in [0.1, 0.15) is 46.1 Å². The number of esters is 1. The number of hydrogen-bond donors (Lipinski definition) is 2. The van der Waals surface area contributed by atoms with E-state index in [2.05, 4.69) is 10.6 Å². The van der Waals surface area contributed by atoms with Gasteiger partial charge >= 0.3 is 12.1 Å². The van der Waals surface area contributed by atoms with E-state index in [1.54, 1.807) is 6.92 Å². The molecule has 3 atom stereocenters. The summed E-state index contributed by atoms with van der Waals surface area (Å²) in [5.41, 5.74) is 0.392. The van der Waals surface area contributed by atoms with Crippen molar-refractivity contribution in [2.24, 2.45) is 5.41 Å². The van der Waals surface area contributed by atoms with Crippen molar-refractivity contribution < 1.29 is 33.4 Å². The molecule has 3 amide bonds. The lowest BCUT2D eigenvalue weighted by Crippen LogP contribution is -2.57. The highest BCUT2D eigenvalue weighted by atomic mass is 16.7. The predicted molar refractivity (Wildman–Crippen MR) is 125 cm³/mol. The maximum atomic E-state index is 13.5. The van der Waals surface area contributed by atoms with E-state index in [0.717, 1.165) is 5.56 Å². The summed E-state index contributed by atoms with van der Waals surface area (Å²) in [5, 5.41) is 5.36. The van der Waals surface area contributed by atoms with Crippen LogP contribution in [0.15, 0.2) is 42.1 Å². The van der Waals surface area contributed by atoms with Gasteiger partial charge in [-0.15, -0.1) is 0 Å². The molecule has 0 spiro atoms. The van der Waals surface area contributed by atoms with Crippen LogP contribution in [0.25, 0.3) is 0 Å². The molecule has 0 bridgehead atoms. The summed E-state index contributed by atoms with van der Waals surface area (Å²) in [5.74, 6) is -1.42. The second-order valence-electron chi connectivity index (χ2n) is 9.51. The fourth-order valence-electron chi connectivity index (χ4n) is 3.99. The summed E-state index contributed by atoms with van der Waals surface area (Å²) in [7, 11) is 0. The Labute approximate surface area is 205 Å². The summed E-state index contributed by atoms with van der Waals surface area (Å²) in [6.07, 6.45) is 0.553. The van der Waals surface area contributed by atoms with Crippen molar-refractivity contribution >= 4 is 23.9 Å². The molecule has 0 aromatic heterocycles. The van der Waals surface area contributed by atoms with E-state index in [1.807, 2.05) is 51.1 Å². The zero-order chi connectivity index (χ0) is 25.6. The van der Waals surface area contributed by atoms with E-state index in [9.17, 15) is 19.2 Å². The predicted octanol–water partition coefficient (Wildman–Crippen LogP) is 2.24. The molecule has 2 heterocycles. The van der Waals surface area contributed by atoms with Gasteiger partial charge in [0.05, 0.1) is 5.70 Å². The summed E-state index contributed by atoms with van der Waals surface area (Å²) >= 11 is 0. The molecule has 0 aliphatic carbocycles. The van der Waals surface area contributed by atoms with Gasteiger partial charge in [0, 0.05) is 19.2 Å². The molecule has 190 valence electrons. The van der Waals surface area contributed by atoms with Gasteiger partial charge in [0.15, 0.2) is 0 Å². The van der Waals surface area contributed by atoms with Gasteiger partial charge in [0.2, 0.25) is 18.1 Å². The molecule has 0 radical (unpaired) electrons. The number of benzene rings is 1. The average molecular weight is 488 g/mol. The van der Waals surface area contributed by atoms with Crippen LogP contribution in [0.3, 0.4) is 0 Å². The third kappa shape index (κ3) is 6.82. The number of nitrogens with zero attached hydrogens (tertiary/aromatic N) is 1. The Morgan fingerprint density at radius 3 is 2.57 bits per heavy atom. The molecule has 2 N–H and O–H groups in total. The van der Waals surface area contributed by atoms with Gasteiger partial charge in [-0.3, -0.25) is 9.59 Å². The number of nitrogens with one attached hydrogen (secondary N) is 2. The van der Waals surface area contributed by atoms with Gasteiger partial charge in [0.1, 0.15) is 18.7 Å². The third-order valence-electron chi connectivity index (χ3n) is 5.76. The summed E-state index contributed by atoms with van der Waals surface area (Å²) in [6.45, 7) is 7.97. The Morgan fingerprint density at radius 1 is 1.20 bits per heavy atom. The molecule has 0 saturated carbocycles. The molecule has 2 aliphatic rings. The van der Waals surface area contributed by atoms with E-state index in [1.165, 1.54) is 11.0 Å². The van der Waals surface area contributed by atoms with Crippen LogP contribution < -0.4 is 10.6 Å². The normalized spacial score (nSPS) is 20.6. The Hall–Kier alpha value is -3.40. The fraction of sp³-hybridized carbons (Fsp3) is 0.520. The number of likely N-dealkylation sites (tertiary alicyclic amines) is 1. The Kier molecular flexibility index (Phi) is 8.50. The topological polar surface area (TPSA) is 123 Å². The number of carbonyl (C=O) groups excluding carboxylic acids is 4. The Balaban J connectivity index is 1.66. The molecular formula is C25H33N3O7. The third-order valence-corrected chi connectivity index (χ3v) is 5.76. The van der Waals surface area contributed by atoms with Gasteiger partial charge in [-0.2, -0.15) is 0 Å². The van der Waals surface area contributed by atoms with E-state index >= 15 is 0 Å². The molecule has 35 heavy (non-hydrogen) atoms. The first kappa shape index (κ1) is 26.2. The van der Waals surface area contributed by atoms with Gasteiger partial charge in [0.25, 0.3) is 0 Å². The molecule has 1 saturated heterocycles. The van der Waals surface area contributed by atoms with Gasteiger partial charge in [-0.05, 0) is 30.7 Å². The first-order chi connectivity index (χ1) is 16.6. The second kappa shape index (κ2) is 11.4. The lowest BCUT2D eigenvalue weighted by atomic mass is 9.85. The van der Waals surface area contributed by atoms with Crippen molar-refractivity contribution in [3.8, 4) is 0 Å². The van der Waals surface area contributed by atoms with Gasteiger partial charge in [-0.1, -0.05) is 51.1 Å². The summed E-state index contributed by atoms with van der Waals surface area (Å²) in [4.78, 5) is 52.2. The molecule has 0 unspecified atom stereocenters. The van der Waals surface area contributed by atoms with Gasteiger partial charge in [-0.25, -0.2) is 9.59 Å². The Bertz CT molecular complexity index is 971. The molecule has 2 aliphatic heterocycles. The largest absolute Gasteiger partial charge is 0.445 e. The van der Waals surface area contributed by atoms with E-state index in [0.29, 0.717) is 26.0 Å². The zero-order valence-corrected chi connectivity index (χ0v) is 20.5. The molecular weight excluding hydrogens is 454 g/mol. The Morgan fingerprint density at radius 2 is 1.91 bits per heavy atom. The minimum absolute atomic E-state index is 0.0728. The van der Waals surface area contributed by atoms with Gasteiger partial charge < -0.3 is 29.7 Å². The fourth-order valence-corrected chi connectivity index (χ4v) is 3.99. The minimum Gasteiger partial charge on any atom is -0.445 e. The number of carbonyl (C=O) groups is 4. The standard InChI is InChI=1S/C25H33N3O7/c1-5-33-23-17(14-19(29)35-23)26-21(30)18-12-9-13-28(18)22(31)20(25(2,3)4)27-24(32)34-15-16-10-7-6-8-11-16/h6-8,10-11,14,18,20,23H,5,9,12-13,15H2,1-4H3,(H,26,30)(H,27,32)/t18-,20+,23+/m0/s1. The SMILES string of the molecule is CCO[C@@H]1OC(=O)C=C1NC(=O)[C@@H]1CCCN1C(=O)[C@@H](NC(=O)OCc1ccccc1)C(C)(C)C. The smallest absolute Gasteiger partial charge is 0.408 e. The van der Waals surface area contributed by atoms with Crippen molar-refractivity contribution in [2.75, 3.05) is 13.2 Å². The molecule has 1 aromatic carbocycles. The maximum Gasteiger partial charge on any atom is 0.408 e. The van der Waals surface area contributed by atoms with Crippen molar-refractivity contribution in [1.29, 1.82) is 0 Å². The highest BCUT2D eigenvalue weighted by Gasteiger charge is 2.43. The first-order valence-corrected chi connectivity index (χ1v) is 11.7. The first-order valence-electron chi connectivity index (χ1n) is 11.7. The van der Waals surface area contributed by atoms with Crippen LogP contribution in [0.4, 0.5) is 4.79 Å². The van der Waals surface area contributed by atoms with Crippen LogP contribution in [0.2, 0.25) is 0 Å². The summed E-state index contributed by atoms with van der Waals surface area (Å²) < 4.78 is 15.7. The van der Waals surface area contributed by atoms with E-state index < -0.39 is 41.8 Å². The van der Waals surface area contributed by atoms with Crippen molar-refractivity contribution in [3.05, 3.63) is 47.7 Å². The van der Waals surface area contributed by atoms with Crippen LogP contribution in [-0.2, 0) is 35.2 Å². The van der Waals surface area contributed by atoms with Crippen LogP contribution in [0, 0.1) is 5.41 Å². The zero-order valence-electron chi connectivity index (χ0n) is 20.5. The molecule has 1 fully saturated rings. The number of ether oxygens (including phenoxy) is 3. The number of alkyl carbamates (subject to hydrolysis) is 1. The number of cyclic esters (lactones) is 1. The quantitative estimate of drug-likeness (QED) is 0.539. The average Bonchev–Trinajstić information content (AvgIpc) is 3.42. The lowest BCUT2D eigenvalue weighted by molar-refractivity contribution is -0.159. The molecule has 1 aromatic rings. The molecule has 10 heteroatoms. The number of amides is 3. The van der Waals surface area contributed by atoms with Crippen molar-refractivity contribution in [3.63, 3.8) is 0 Å². The van der Waals surface area contributed by atoms with E-state index in [-0.39, 0.29) is 18.2 Å². The highest BCUT2D eigenvalue weighted by molar-refractivity contribution is 5.94. The number of hydrogen-bond acceptors (Lipinski definition) is 7. The second-order valence-corrected chi connectivity index (χ2v) is 9.51. The minimum atomic E-state index is -0.981. The van der Waals surface area contributed by atoms with Crippen molar-refractivity contribution in [2.45, 2.75) is 65.5 Å². The number of rotatable bonds is 8. The maximum absolute atomic E-state index is 13.5. The highest BCUT2D eigenvalue weighted by Crippen LogP contribution is 2.26. The summed E-state index contributed by atoms with van der Waals surface area (Å²) in [6, 6.07) is 7.56. The lowest BCUT2D eigenvalue weighted by Gasteiger charge is -2.35. The van der Waals surface area contributed by atoms with Crippen LogP contribution in [-0.4, -0.2) is 60.3 Å². The van der Waals surface area contributed by atoms with Crippen molar-refractivity contribution in [1.82, 2.24) is 15.5 Å². The molecule has 10 nitrogen and oxygen atoms in total.